The molecule has 0 atom stereocenters. The summed E-state index contributed by atoms with van der Waals surface area (Å²) in [6, 6.07) is 6.57. The zero-order valence-corrected chi connectivity index (χ0v) is 17.6. The molecule has 0 aliphatic carbocycles. The third-order valence-corrected chi connectivity index (χ3v) is 5.55. The third kappa shape index (κ3) is 4.19. The fraction of sp³-hybridized carbons (Fsp3) is 0.350. The Morgan fingerprint density at radius 3 is 2.45 bits per heavy atom. The van der Waals surface area contributed by atoms with Crippen LogP contribution < -0.4 is 16.4 Å². The predicted molar refractivity (Wildman–Crippen MR) is 112 cm³/mol. The number of amides is 2. The molecule has 152 valence electrons. The van der Waals surface area contributed by atoms with Gasteiger partial charge in [-0.25, -0.2) is 9.67 Å². The lowest BCUT2D eigenvalue weighted by atomic mass is 10.1. The van der Waals surface area contributed by atoms with Gasteiger partial charge in [0.1, 0.15) is 4.88 Å². The van der Waals surface area contributed by atoms with E-state index in [0.29, 0.717) is 21.3 Å². The topological polar surface area (TPSA) is 106 Å². The van der Waals surface area contributed by atoms with E-state index in [1.165, 1.54) is 16.0 Å². The molecule has 0 radical (unpaired) electrons. The summed E-state index contributed by atoms with van der Waals surface area (Å²) in [6.45, 7) is 7.44. The van der Waals surface area contributed by atoms with Crippen molar-refractivity contribution >= 4 is 33.9 Å². The number of carbonyl (C=O) groups excluding carboxylic acids is 2. The highest BCUT2D eigenvalue weighted by molar-refractivity contribution is 7.13. The summed E-state index contributed by atoms with van der Waals surface area (Å²) in [5.74, 6) is -1.03. The Morgan fingerprint density at radius 1 is 1.14 bits per heavy atom. The van der Waals surface area contributed by atoms with Gasteiger partial charge in [-0.3, -0.25) is 25.2 Å². The van der Waals surface area contributed by atoms with E-state index in [0.717, 1.165) is 17.8 Å². The second-order valence-electron chi connectivity index (χ2n) is 6.92. The number of aryl methyl sites for hydroxylation is 2. The fourth-order valence-corrected chi connectivity index (χ4v) is 4.00. The molecule has 9 heteroatoms. The molecule has 0 fully saturated rings. The lowest BCUT2D eigenvalue weighted by molar-refractivity contribution is 0.0845. The van der Waals surface area contributed by atoms with E-state index in [1.54, 1.807) is 31.2 Å². The fourth-order valence-electron chi connectivity index (χ4n) is 2.94. The maximum atomic E-state index is 12.8. The van der Waals surface area contributed by atoms with E-state index < -0.39 is 11.8 Å². The molecule has 3 aromatic rings. The Bertz CT molecular complexity index is 1130. The number of aromatic nitrogens is 3. The molecule has 1 aromatic carbocycles. The number of hydrogen-bond acceptors (Lipinski definition) is 6. The summed E-state index contributed by atoms with van der Waals surface area (Å²) < 4.78 is 1.27. The van der Waals surface area contributed by atoms with Crippen LogP contribution in [0.3, 0.4) is 0 Å². The van der Waals surface area contributed by atoms with Gasteiger partial charge < -0.3 is 0 Å². The van der Waals surface area contributed by atoms with Crippen LogP contribution in [-0.4, -0.2) is 26.6 Å². The van der Waals surface area contributed by atoms with Gasteiger partial charge in [-0.2, -0.15) is 5.10 Å². The van der Waals surface area contributed by atoms with Crippen molar-refractivity contribution in [1.29, 1.82) is 0 Å². The highest BCUT2D eigenvalue weighted by atomic mass is 32.1. The summed E-state index contributed by atoms with van der Waals surface area (Å²) >= 11 is 1.32. The number of benzene rings is 1. The van der Waals surface area contributed by atoms with Crippen molar-refractivity contribution in [2.75, 3.05) is 0 Å². The van der Waals surface area contributed by atoms with Crippen LogP contribution in [0.4, 0.5) is 0 Å². The number of rotatable bonds is 5. The molecule has 0 bridgehead atoms. The monoisotopic (exact) mass is 413 g/mol. The number of nitrogens with one attached hydrogen (secondary N) is 2. The van der Waals surface area contributed by atoms with E-state index in [1.807, 2.05) is 20.8 Å². The van der Waals surface area contributed by atoms with Crippen LogP contribution in [0, 0.1) is 6.92 Å². The second-order valence-corrected chi connectivity index (χ2v) is 8.00. The number of thiazole rings is 1. The van der Waals surface area contributed by atoms with Crippen molar-refractivity contribution < 1.29 is 9.59 Å². The van der Waals surface area contributed by atoms with Crippen molar-refractivity contribution in [1.82, 2.24) is 25.6 Å². The van der Waals surface area contributed by atoms with E-state index in [9.17, 15) is 14.4 Å². The number of hydrazine groups is 1. The van der Waals surface area contributed by atoms with Gasteiger partial charge in [0.05, 0.1) is 22.1 Å². The van der Waals surface area contributed by atoms with Gasteiger partial charge in [-0.15, -0.1) is 11.3 Å². The minimum Gasteiger partial charge on any atom is -0.267 e. The average molecular weight is 414 g/mol. The largest absolute Gasteiger partial charge is 0.290 e. The van der Waals surface area contributed by atoms with E-state index >= 15 is 0 Å². The van der Waals surface area contributed by atoms with Crippen molar-refractivity contribution in [3.63, 3.8) is 0 Å². The predicted octanol–water partition coefficient (Wildman–Crippen LogP) is 2.77. The van der Waals surface area contributed by atoms with E-state index in [2.05, 4.69) is 20.9 Å². The van der Waals surface area contributed by atoms with Gasteiger partial charge in [-0.05, 0) is 39.7 Å². The Kier molecular flexibility index (Phi) is 6.07. The molecular weight excluding hydrogens is 390 g/mol. The first-order valence-corrected chi connectivity index (χ1v) is 10.2. The Labute approximate surface area is 171 Å². The minimum absolute atomic E-state index is 0.0712. The van der Waals surface area contributed by atoms with Crippen LogP contribution in [0.15, 0.2) is 29.1 Å². The standard InChI is InChI=1S/C20H23N5O3S/c1-5-8-15-21-12(4)17(29-15)19(27)23-22-18(26)16-13-9-6-7-10-14(13)20(28)25(24-16)11(2)3/h6-7,9-11H,5,8H2,1-4H3,(H,22,26)(H,23,27). The van der Waals surface area contributed by atoms with Crippen LogP contribution in [0.25, 0.3) is 10.8 Å². The molecule has 0 spiro atoms. The Balaban J connectivity index is 1.86. The van der Waals surface area contributed by atoms with Crippen LogP contribution in [0.5, 0.6) is 0 Å². The zero-order valence-electron chi connectivity index (χ0n) is 16.8. The molecular formula is C20H23N5O3S. The molecule has 0 aliphatic heterocycles. The van der Waals surface area contributed by atoms with Gasteiger partial charge in [0.15, 0.2) is 5.69 Å². The molecule has 0 unspecified atom stereocenters. The number of fused-ring (bicyclic) bond motifs is 1. The van der Waals surface area contributed by atoms with Crippen LogP contribution >= 0.6 is 11.3 Å². The van der Waals surface area contributed by atoms with Gasteiger partial charge in [0.2, 0.25) is 0 Å². The van der Waals surface area contributed by atoms with Gasteiger partial charge >= 0.3 is 0 Å². The van der Waals surface area contributed by atoms with Crippen molar-refractivity contribution in [3.05, 3.63) is 55.9 Å². The molecule has 0 saturated carbocycles. The summed E-state index contributed by atoms with van der Waals surface area (Å²) in [7, 11) is 0. The van der Waals surface area contributed by atoms with Crippen molar-refractivity contribution in [2.45, 2.75) is 46.6 Å². The third-order valence-electron chi connectivity index (χ3n) is 4.33. The molecule has 2 N–H and O–H groups in total. The maximum absolute atomic E-state index is 12.8. The van der Waals surface area contributed by atoms with Crippen LogP contribution in [-0.2, 0) is 6.42 Å². The lowest BCUT2D eigenvalue weighted by Crippen LogP contribution is -2.42. The quantitative estimate of drug-likeness (QED) is 0.626. The average Bonchev–Trinajstić information content (AvgIpc) is 3.06. The lowest BCUT2D eigenvalue weighted by Gasteiger charge is -2.13. The van der Waals surface area contributed by atoms with Gasteiger partial charge in [-0.1, -0.05) is 25.1 Å². The molecule has 29 heavy (non-hydrogen) atoms. The molecule has 0 aliphatic rings. The SMILES string of the molecule is CCCc1nc(C)c(C(=O)NNC(=O)c2nn(C(C)C)c(=O)c3ccccc23)s1. The normalized spacial score (nSPS) is 11.1. The van der Waals surface area contributed by atoms with Crippen molar-refractivity contribution in [3.8, 4) is 0 Å². The summed E-state index contributed by atoms with van der Waals surface area (Å²) in [5.41, 5.74) is 5.27. The number of nitrogens with zero attached hydrogens (tertiary/aromatic N) is 3. The van der Waals surface area contributed by atoms with Crippen molar-refractivity contribution in [2.24, 2.45) is 0 Å². The number of hydrogen-bond donors (Lipinski definition) is 2. The molecule has 2 amide bonds. The summed E-state index contributed by atoms with van der Waals surface area (Å²) in [4.78, 5) is 42.7. The van der Waals surface area contributed by atoms with Gasteiger partial charge in [0.25, 0.3) is 17.4 Å². The highest BCUT2D eigenvalue weighted by Crippen LogP contribution is 2.19. The zero-order chi connectivity index (χ0) is 21.1. The smallest absolute Gasteiger partial charge is 0.267 e. The molecule has 2 heterocycles. The minimum atomic E-state index is -0.597. The molecule has 2 aromatic heterocycles. The number of carbonyl (C=O) groups is 2. The van der Waals surface area contributed by atoms with Crippen LogP contribution in [0.1, 0.15) is 64.1 Å². The Hall–Kier alpha value is -3.07. The Morgan fingerprint density at radius 2 is 1.79 bits per heavy atom. The summed E-state index contributed by atoms with van der Waals surface area (Å²) in [6.07, 6.45) is 1.74. The first kappa shape index (κ1) is 20.7. The van der Waals surface area contributed by atoms with Gasteiger partial charge in [0, 0.05) is 5.39 Å². The molecule has 3 rings (SSSR count). The summed E-state index contributed by atoms with van der Waals surface area (Å²) in [5, 5.41) is 5.94. The first-order valence-electron chi connectivity index (χ1n) is 9.42. The maximum Gasteiger partial charge on any atom is 0.290 e. The molecule has 0 saturated heterocycles. The van der Waals surface area contributed by atoms with E-state index in [-0.39, 0.29) is 17.3 Å². The highest BCUT2D eigenvalue weighted by Gasteiger charge is 2.20. The van der Waals surface area contributed by atoms with E-state index in [4.69, 9.17) is 0 Å². The second kappa shape index (κ2) is 8.52. The molecule has 8 nitrogen and oxygen atoms in total. The van der Waals surface area contributed by atoms with Crippen LogP contribution in [0.2, 0.25) is 0 Å². The first-order chi connectivity index (χ1) is 13.8.